The highest BCUT2D eigenvalue weighted by molar-refractivity contribution is 5.78. The van der Waals surface area contributed by atoms with Crippen molar-refractivity contribution in [1.82, 2.24) is 10.6 Å². The number of hydrogen-bond acceptors (Lipinski definition) is 3. The number of hydrogen-bond donors (Lipinski definition) is 2. The van der Waals surface area contributed by atoms with Crippen LogP contribution in [0.5, 0.6) is 5.75 Å². The molecule has 0 saturated heterocycles. The van der Waals surface area contributed by atoms with E-state index in [9.17, 15) is 4.79 Å². The lowest BCUT2D eigenvalue weighted by Crippen LogP contribution is -2.45. The number of amides is 1. The average Bonchev–Trinajstić information content (AvgIpc) is 3.21. The first kappa shape index (κ1) is 13.4. The van der Waals surface area contributed by atoms with Gasteiger partial charge < -0.3 is 15.4 Å². The highest BCUT2D eigenvalue weighted by Crippen LogP contribution is 2.37. The van der Waals surface area contributed by atoms with Crippen molar-refractivity contribution in [2.75, 3.05) is 13.7 Å². The first-order chi connectivity index (χ1) is 9.74. The van der Waals surface area contributed by atoms with E-state index in [-0.39, 0.29) is 5.91 Å². The van der Waals surface area contributed by atoms with E-state index in [4.69, 9.17) is 4.74 Å². The molecule has 0 aromatic heterocycles. The molecule has 0 heterocycles. The Bertz CT molecular complexity index is 462. The van der Waals surface area contributed by atoms with Crippen molar-refractivity contribution in [3.05, 3.63) is 29.8 Å². The summed E-state index contributed by atoms with van der Waals surface area (Å²) in [6, 6.07) is 9.24. The van der Waals surface area contributed by atoms with Gasteiger partial charge in [0.2, 0.25) is 5.91 Å². The summed E-state index contributed by atoms with van der Waals surface area (Å²) in [7, 11) is 1.69. The molecule has 108 valence electrons. The van der Waals surface area contributed by atoms with Crippen molar-refractivity contribution in [2.45, 2.75) is 43.7 Å². The molecule has 4 nitrogen and oxygen atoms in total. The highest BCUT2D eigenvalue weighted by Gasteiger charge is 2.30. The molecule has 2 fully saturated rings. The van der Waals surface area contributed by atoms with Crippen LogP contribution < -0.4 is 15.4 Å². The van der Waals surface area contributed by atoms with Gasteiger partial charge in [-0.1, -0.05) is 12.1 Å². The summed E-state index contributed by atoms with van der Waals surface area (Å²) in [5.41, 5.74) is 1.37. The number of benzene rings is 1. The number of carbonyl (C=O) groups excluding carboxylic acids is 1. The Balaban J connectivity index is 1.38. The van der Waals surface area contributed by atoms with Crippen molar-refractivity contribution in [3.8, 4) is 5.75 Å². The van der Waals surface area contributed by atoms with E-state index in [2.05, 4.69) is 22.8 Å². The Hall–Kier alpha value is -1.55. The molecule has 0 atom stereocenters. The predicted octanol–water partition coefficient (Wildman–Crippen LogP) is 1.81. The fraction of sp³-hybridized carbons (Fsp3) is 0.562. The molecule has 0 spiro atoms. The summed E-state index contributed by atoms with van der Waals surface area (Å²) in [6.07, 6.45) is 4.52. The van der Waals surface area contributed by atoms with Gasteiger partial charge in [0.15, 0.2) is 0 Å². The maximum absolute atomic E-state index is 11.6. The van der Waals surface area contributed by atoms with E-state index in [1.165, 1.54) is 5.56 Å². The largest absolute Gasteiger partial charge is 0.497 e. The quantitative estimate of drug-likeness (QED) is 0.832. The summed E-state index contributed by atoms with van der Waals surface area (Å²) in [5, 5.41) is 6.34. The van der Waals surface area contributed by atoms with Crippen molar-refractivity contribution in [1.29, 1.82) is 0 Å². The second-order valence-corrected chi connectivity index (χ2v) is 5.86. The molecule has 3 rings (SSSR count). The van der Waals surface area contributed by atoms with Gasteiger partial charge in [-0.3, -0.25) is 4.79 Å². The van der Waals surface area contributed by atoms with Gasteiger partial charge in [0, 0.05) is 12.1 Å². The molecule has 0 aliphatic heterocycles. The van der Waals surface area contributed by atoms with Crippen molar-refractivity contribution < 1.29 is 9.53 Å². The molecule has 20 heavy (non-hydrogen) atoms. The van der Waals surface area contributed by atoms with E-state index in [1.54, 1.807) is 7.11 Å². The topological polar surface area (TPSA) is 50.4 Å². The van der Waals surface area contributed by atoms with Crippen LogP contribution in [-0.4, -0.2) is 31.6 Å². The van der Waals surface area contributed by atoms with Gasteiger partial charge in [0.25, 0.3) is 0 Å². The van der Waals surface area contributed by atoms with Crippen LogP contribution in [-0.2, 0) is 4.79 Å². The van der Waals surface area contributed by atoms with Crippen molar-refractivity contribution in [3.63, 3.8) is 0 Å². The number of rotatable bonds is 6. The normalized spacial score (nSPS) is 24.9. The summed E-state index contributed by atoms with van der Waals surface area (Å²) >= 11 is 0. The fourth-order valence-electron chi connectivity index (χ4n) is 2.68. The smallest absolute Gasteiger partial charge is 0.234 e. The zero-order valence-corrected chi connectivity index (χ0v) is 11.9. The van der Waals surface area contributed by atoms with E-state index in [0.717, 1.165) is 31.4 Å². The van der Waals surface area contributed by atoms with E-state index in [1.807, 2.05) is 12.1 Å². The zero-order valence-electron chi connectivity index (χ0n) is 11.9. The van der Waals surface area contributed by atoms with Gasteiger partial charge in [0.05, 0.1) is 13.7 Å². The molecule has 2 aliphatic rings. The fourth-order valence-corrected chi connectivity index (χ4v) is 2.68. The minimum Gasteiger partial charge on any atom is -0.497 e. The predicted molar refractivity (Wildman–Crippen MR) is 77.9 cm³/mol. The molecule has 2 aliphatic carbocycles. The third kappa shape index (κ3) is 3.31. The molecular weight excluding hydrogens is 252 g/mol. The molecule has 2 N–H and O–H groups in total. The SMILES string of the molecule is COc1ccc(C2CC(NCC(=O)NC3CC3)C2)cc1. The zero-order chi connectivity index (χ0) is 13.9. The van der Waals surface area contributed by atoms with Crippen LogP contribution in [0.3, 0.4) is 0 Å². The van der Waals surface area contributed by atoms with Crippen LogP contribution in [0.2, 0.25) is 0 Å². The number of ether oxygens (including phenoxy) is 1. The molecule has 1 amide bonds. The van der Waals surface area contributed by atoms with Gasteiger partial charge >= 0.3 is 0 Å². The Morgan fingerprint density at radius 3 is 2.50 bits per heavy atom. The molecule has 1 aromatic rings. The molecule has 4 heteroatoms. The minimum absolute atomic E-state index is 0.139. The van der Waals surface area contributed by atoms with Crippen molar-refractivity contribution in [2.24, 2.45) is 0 Å². The van der Waals surface area contributed by atoms with E-state index >= 15 is 0 Å². The molecule has 0 unspecified atom stereocenters. The van der Waals surface area contributed by atoms with Crippen LogP contribution in [0.4, 0.5) is 0 Å². The van der Waals surface area contributed by atoms with Crippen LogP contribution in [0, 0.1) is 0 Å². The molecule has 0 radical (unpaired) electrons. The van der Waals surface area contributed by atoms with E-state index < -0.39 is 0 Å². The molecule has 0 bridgehead atoms. The minimum atomic E-state index is 0.139. The van der Waals surface area contributed by atoms with Gasteiger partial charge in [0.1, 0.15) is 5.75 Å². The summed E-state index contributed by atoms with van der Waals surface area (Å²) < 4.78 is 5.17. The Labute approximate surface area is 119 Å². The van der Waals surface area contributed by atoms with Gasteiger partial charge in [-0.2, -0.15) is 0 Å². The van der Waals surface area contributed by atoms with Gasteiger partial charge in [-0.15, -0.1) is 0 Å². The second kappa shape index (κ2) is 5.83. The molecule has 1 aromatic carbocycles. The average molecular weight is 274 g/mol. The lowest BCUT2D eigenvalue weighted by molar-refractivity contribution is -0.120. The standard InChI is InChI=1S/C16H22N2O2/c1-20-15-6-2-11(3-7-15)12-8-14(9-12)17-10-16(19)18-13-4-5-13/h2-3,6-7,12-14,17H,4-5,8-10H2,1H3,(H,18,19). The Morgan fingerprint density at radius 2 is 1.90 bits per heavy atom. The summed E-state index contributed by atoms with van der Waals surface area (Å²) in [5.74, 6) is 1.66. The number of methoxy groups -OCH3 is 1. The Morgan fingerprint density at radius 1 is 1.20 bits per heavy atom. The molecular formula is C16H22N2O2. The first-order valence-electron chi connectivity index (χ1n) is 7.41. The monoisotopic (exact) mass is 274 g/mol. The van der Waals surface area contributed by atoms with Crippen LogP contribution >= 0.6 is 0 Å². The number of carbonyl (C=O) groups is 1. The number of nitrogens with one attached hydrogen (secondary N) is 2. The Kier molecular flexibility index (Phi) is 3.92. The molecule has 2 saturated carbocycles. The third-order valence-corrected chi connectivity index (χ3v) is 4.22. The lowest BCUT2D eigenvalue weighted by Gasteiger charge is -2.36. The van der Waals surface area contributed by atoms with Crippen LogP contribution in [0.25, 0.3) is 0 Å². The third-order valence-electron chi connectivity index (χ3n) is 4.22. The summed E-state index contributed by atoms with van der Waals surface area (Å²) in [4.78, 5) is 11.6. The van der Waals surface area contributed by atoms with Gasteiger partial charge in [-0.05, 0) is 49.3 Å². The van der Waals surface area contributed by atoms with E-state index in [0.29, 0.717) is 24.5 Å². The van der Waals surface area contributed by atoms with Crippen LogP contribution in [0.1, 0.15) is 37.2 Å². The second-order valence-electron chi connectivity index (χ2n) is 5.86. The van der Waals surface area contributed by atoms with Gasteiger partial charge in [-0.25, -0.2) is 0 Å². The maximum atomic E-state index is 11.6. The van der Waals surface area contributed by atoms with Crippen molar-refractivity contribution >= 4 is 5.91 Å². The first-order valence-corrected chi connectivity index (χ1v) is 7.41. The van der Waals surface area contributed by atoms with Crippen LogP contribution in [0.15, 0.2) is 24.3 Å². The lowest BCUT2D eigenvalue weighted by atomic mass is 9.76. The highest BCUT2D eigenvalue weighted by atomic mass is 16.5. The summed E-state index contributed by atoms with van der Waals surface area (Å²) in [6.45, 7) is 0.455. The maximum Gasteiger partial charge on any atom is 0.234 e.